The molecule has 146 valence electrons. The highest BCUT2D eigenvalue weighted by molar-refractivity contribution is 6.74. The number of likely N-dealkylation sites (tertiary alicyclic amines) is 1. The molecule has 1 aliphatic heterocycles. The quantitative estimate of drug-likeness (QED) is 0.551. The largest absolute Gasteiger partial charge is 0.469 e. The van der Waals surface area contributed by atoms with E-state index >= 15 is 0 Å². The molecule has 0 aliphatic carbocycles. The van der Waals surface area contributed by atoms with Crippen molar-refractivity contribution < 1.29 is 23.5 Å². The van der Waals surface area contributed by atoms with Gasteiger partial charge in [0, 0.05) is 6.54 Å². The fraction of sp³-hybridized carbons (Fsp3) is 0.889. The van der Waals surface area contributed by atoms with Crippen molar-refractivity contribution >= 4 is 20.4 Å². The number of hydrogen-bond acceptors (Lipinski definition) is 5. The molecule has 25 heavy (non-hydrogen) atoms. The zero-order valence-corrected chi connectivity index (χ0v) is 18.3. The van der Waals surface area contributed by atoms with E-state index in [1.807, 2.05) is 20.8 Å². The molecule has 0 aromatic heterocycles. The Kier molecular flexibility index (Phi) is 6.73. The molecule has 1 aliphatic rings. The smallest absolute Gasteiger partial charge is 0.410 e. The fourth-order valence-electron chi connectivity index (χ4n) is 2.56. The minimum Gasteiger partial charge on any atom is -0.469 e. The summed E-state index contributed by atoms with van der Waals surface area (Å²) >= 11 is 0. The molecule has 0 spiro atoms. The van der Waals surface area contributed by atoms with E-state index in [2.05, 4.69) is 33.9 Å². The van der Waals surface area contributed by atoms with Crippen LogP contribution in [0.2, 0.25) is 18.1 Å². The Bertz CT molecular complexity index is 493. The molecule has 1 rings (SSSR count). The predicted molar refractivity (Wildman–Crippen MR) is 100 cm³/mol. The van der Waals surface area contributed by atoms with Gasteiger partial charge in [0.15, 0.2) is 8.32 Å². The SMILES string of the molecule is COC(=O)CC1C(O[Si](C)(C)C(C)(C)C)CCN1C(=O)OC(C)(C)C. The number of amides is 1. The van der Waals surface area contributed by atoms with Gasteiger partial charge in [0.05, 0.1) is 25.7 Å². The summed E-state index contributed by atoms with van der Waals surface area (Å²) in [5, 5.41) is 0.0577. The third kappa shape index (κ3) is 5.99. The second-order valence-corrected chi connectivity index (χ2v) is 14.0. The summed E-state index contributed by atoms with van der Waals surface area (Å²) in [6.07, 6.45) is 0.248. The first kappa shape index (κ1) is 22.0. The summed E-state index contributed by atoms with van der Waals surface area (Å²) in [6, 6.07) is -0.351. The molecular formula is C18H35NO5Si. The van der Waals surface area contributed by atoms with Crippen molar-refractivity contribution in [3.05, 3.63) is 0 Å². The van der Waals surface area contributed by atoms with Crippen LogP contribution in [0.5, 0.6) is 0 Å². The molecule has 2 unspecified atom stereocenters. The Morgan fingerprint density at radius 1 is 1.12 bits per heavy atom. The van der Waals surface area contributed by atoms with Gasteiger partial charge in [-0.3, -0.25) is 4.79 Å². The maximum atomic E-state index is 12.6. The monoisotopic (exact) mass is 373 g/mol. The highest BCUT2D eigenvalue weighted by Crippen LogP contribution is 2.39. The summed E-state index contributed by atoms with van der Waals surface area (Å²) in [5.74, 6) is -0.343. The summed E-state index contributed by atoms with van der Waals surface area (Å²) in [4.78, 5) is 26.1. The molecule has 0 bridgehead atoms. The molecule has 1 fully saturated rings. The van der Waals surface area contributed by atoms with E-state index in [4.69, 9.17) is 13.9 Å². The van der Waals surface area contributed by atoms with Gasteiger partial charge in [-0.2, -0.15) is 0 Å². The van der Waals surface area contributed by atoms with E-state index in [0.29, 0.717) is 13.0 Å². The average molecular weight is 374 g/mol. The van der Waals surface area contributed by atoms with Crippen molar-refractivity contribution in [2.45, 2.75) is 90.3 Å². The molecule has 1 heterocycles. The van der Waals surface area contributed by atoms with Gasteiger partial charge < -0.3 is 18.8 Å². The second-order valence-electron chi connectivity index (χ2n) is 9.23. The molecule has 0 aromatic rings. The van der Waals surface area contributed by atoms with E-state index in [0.717, 1.165) is 0 Å². The van der Waals surface area contributed by atoms with Crippen LogP contribution in [-0.4, -0.2) is 56.7 Å². The van der Waals surface area contributed by atoms with Crippen LogP contribution >= 0.6 is 0 Å². The lowest BCUT2D eigenvalue weighted by atomic mass is 10.1. The van der Waals surface area contributed by atoms with Crippen molar-refractivity contribution in [1.82, 2.24) is 4.90 Å². The average Bonchev–Trinajstić information content (AvgIpc) is 2.77. The topological polar surface area (TPSA) is 65.1 Å². The van der Waals surface area contributed by atoms with Gasteiger partial charge in [0.2, 0.25) is 0 Å². The third-order valence-electron chi connectivity index (χ3n) is 4.97. The minimum atomic E-state index is -2.02. The summed E-state index contributed by atoms with van der Waals surface area (Å²) in [7, 11) is -0.655. The molecule has 0 saturated carbocycles. The van der Waals surface area contributed by atoms with E-state index in [-0.39, 0.29) is 29.6 Å². The number of rotatable bonds is 4. The summed E-state index contributed by atoms with van der Waals surface area (Å²) in [5.41, 5.74) is -0.578. The highest BCUT2D eigenvalue weighted by Gasteiger charge is 2.46. The Balaban J connectivity index is 2.98. The molecule has 1 amide bonds. The number of carbonyl (C=O) groups is 2. The number of methoxy groups -OCH3 is 1. The van der Waals surface area contributed by atoms with Crippen LogP contribution in [0, 0.1) is 0 Å². The van der Waals surface area contributed by atoms with Gasteiger partial charge in [-0.25, -0.2) is 4.79 Å². The first-order valence-corrected chi connectivity index (χ1v) is 11.8. The van der Waals surface area contributed by atoms with Crippen LogP contribution in [0.1, 0.15) is 54.4 Å². The first-order chi connectivity index (χ1) is 11.2. The Morgan fingerprint density at radius 2 is 1.68 bits per heavy atom. The van der Waals surface area contributed by atoms with Crippen molar-refractivity contribution in [2.75, 3.05) is 13.7 Å². The number of carbonyl (C=O) groups excluding carboxylic acids is 2. The van der Waals surface area contributed by atoms with Crippen LogP contribution in [0.25, 0.3) is 0 Å². The number of esters is 1. The van der Waals surface area contributed by atoms with Gasteiger partial charge in [0.25, 0.3) is 0 Å². The third-order valence-corrected chi connectivity index (χ3v) is 9.47. The lowest BCUT2D eigenvalue weighted by molar-refractivity contribution is -0.142. The van der Waals surface area contributed by atoms with Crippen molar-refractivity contribution in [3.8, 4) is 0 Å². The van der Waals surface area contributed by atoms with E-state index in [1.54, 1.807) is 4.90 Å². The molecule has 6 nitrogen and oxygen atoms in total. The number of nitrogens with zero attached hydrogens (tertiary/aromatic N) is 1. The standard InChI is InChI=1S/C18H35NO5Si/c1-17(2,3)23-16(21)19-11-10-14(13(19)12-15(20)22-7)24-25(8,9)18(4,5)6/h13-14H,10-12H2,1-9H3. The molecule has 0 aromatic carbocycles. The van der Waals surface area contributed by atoms with E-state index in [1.165, 1.54) is 7.11 Å². The molecule has 0 N–H and O–H groups in total. The normalized spacial score (nSPS) is 22.0. The Labute approximate surface area is 153 Å². The van der Waals surface area contributed by atoms with E-state index in [9.17, 15) is 9.59 Å². The molecular weight excluding hydrogens is 338 g/mol. The maximum absolute atomic E-state index is 12.6. The van der Waals surface area contributed by atoms with Gasteiger partial charge in [0.1, 0.15) is 5.60 Å². The fourth-order valence-corrected chi connectivity index (χ4v) is 3.95. The molecule has 7 heteroatoms. The zero-order valence-electron chi connectivity index (χ0n) is 17.3. The second kappa shape index (κ2) is 7.66. The summed E-state index contributed by atoms with van der Waals surface area (Å²) in [6.45, 7) is 16.9. The lowest BCUT2D eigenvalue weighted by Crippen LogP contribution is -2.49. The van der Waals surface area contributed by atoms with Crippen molar-refractivity contribution in [1.29, 1.82) is 0 Å². The van der Waals surface area contributed by atoms with Gasteiger partial charge in [-0.15, -0.1) is 0 Å². The van der Waals surface area contributed by atoms with Gasteiger partial charge in [-0.1, -0.05) is 20.8 Å². The van der Waals surface area contributed by atoms with Gasteiger partial charge in [-0.05, 0) is 45.3 Å². The molecule has 0 radical (unpaired) electrons. The van der Waals surface area contributed by atoms with Crippen LogP contribution < -0.4 is 0 Å². The Hall–Kier alpha value is -1.08. The summed E-state index contributed by atoms with van der Waals surface area (Å²) < 4.78 is 16.8. The highest BCUT2D eigenvalue weighted by atomic mass is 28.4. The molecule has 2 atom stereocenters. The van der Waals surface area contributed by atoms with Crippen LogP contribution in [0.4, 0.5) is 4.79 Å². The van der Waals surface area contributed by atoms with Gasteiger partial charge >= 0.3 is 12.1 Å². The van der Waals surface area contributed by atoms with E-state index < -0.39 is 20.0 Å². The zero-order chi connectivity index (χ0) is 19.6. The first-order valence-electron chi connectivity index (χ1n) is 8.92. The van der Waals surface area contributed by atoms with Crippen LogP contribution in [0.3, 0.4) is 0 Å². The predicted octanol–water partition coefficient (Wildman–Crippen LogP) is 3.95. The minimum absolute atomic E-state index is 0.0577. The van der Waals surface area contributed by atoms with Crippen molar-refractivity contribution in [2.24, 2.45) is 0 Å². The number of ether oxygens (including phenoxy) is 2. The number of hydrogen-bond donors (Lipinski definition) is 0. The molecule has 1 saturated heterocycles. The lowest BCUT2D eigenvalue weighted by Gasteiger charge is -2.40. The van der Waals surface area contributed by atoms with Crippen LogP contribution in [0.15, 0.2) is 0 Å². The van der Waals surface area contributed by atoms with Crippen molar-refractivity contribution in [3.63, 3.8) is 0 Å². The maximum Gasteiger partial charge on any atom is 0.410 e. The Morgan fingerprint density at radius 3 is 2.12 bits per heavy atom. The van der Waals surface area contributed by atoms with Crippen LogP contribution in [-0.2, 0) is 18.7 Å².